The number of aromatic nitrogens is 5. The minimum absolute atomic E-state index is 0.140. The number of hydrogen-bond donors (Lipinski definition) is 1. The average molecular weight is 411 g/mol. The van der Waals surface area contributed by atoms with Crippen molar-refractivity contribution in [2.75, 3.05) is 13.1 Å². The van der Waals surface area contributed by atoms with Gasteiger partial charge in [0.05, 0.1) is 18.3 Å². The van der Waals surface area contributed by atoms with E-state index >= 15 is 0 Å². The van der Waals surface area contributed by atoms with Crippen molar-refractivity contribution in [3.05, 3.63) is 52.2 Å². The predicted molar refractivity (Wildman–Crippen MR) is 106 cm³/mol. The third-order valence-electron chi connectivity index (χ3n) is 5.05. The van der Waals surface area contributed by atoms with Gasteiger partial charge in [0.25, 0.3) is 5.91 Å². The lowest BCUT2D eigenvalue weighted by Crippen LogP contribution is -2.58. The molecule has 29 heavy (non-hydrogen) atoms. The fourth-order valence-electron chi connectivity index (χ4n) is 3.30. The molecule has 2 aromatic heterocycles. The van der Waals surface area contributed by atoms with E-state index in [9.17, 15) is 4.79 Å². The summed E-state index contributed by atoms with van der Waals surface area (Å²) >= 11 is 1.48. The van der Waals surface area contributed by atoms with Crippen molar-refractivity contribution in [3.8, 4) is 5.75 Å². The summed E-state index contributed by atoms with van der Waals surface area (Å²) in [4.78, 5) is 14.6. The van der Waals surface area contributed by atoms with E-state index in [-0.39, 0.29) is 11.9 Å². The molecule has 1 saturated heterocycles. The molecule has 0 bridgehead atoms. The molecule has 2 aliphatic rings. The largest absolute Gasteiger partial charge is 0.486 e. The Labute approximate surface area is 171 Å². The topological polar surface area (TPSA) is 98.1 Å². The van der Waals surface area contributed by atoms with Crippen LogP contribution >= 0.6 is 11.3 Å². The smallest absolute Gasteiger partial charge is 0.273 e. The van der Waals surface area contributed by atoms with Crippen LogP contribution in [0.1, 0.15) is 39.9 Å². The van der Waals surface area contributed by atoms with Crippen LogP contribution in [0.25, 0.3) is 0 Å². The number of rotatable bonds is 8. The van der Waals surface area contributed by atoms with Gasteiger partial charge in [0.15, 0.2) is 10.7 Å². The Kier molecular flexibility index (Phi) is 4.94. The van der Waals surface area contributed by atoms with Gasteiger partial charge in [-0.15, -0.1) is 26.6 Å². The van der Waals surface area contributed by atoms with Gasteiger partial charge in [0.2, 0.25) is 0 Å². The minimum atomic E-state index is -0.140. The number of likely N-dealkylation sites (tertiary alicyclic amines) is 1. The molecule has 1 aliphatic carbocycles. The molecule has 1 saturated carbocycles. The first-order chi connectivity index (χ1) is 14.2. The number of ether oxygens (including phenoxy) is 1. The number of nitrogens with one attached hydrogen (secondary N) is 1. The van der Waals surface area contributed by atoms with Crippen LogP contribution in [0.2, 0.25) is 0 Å². The summed E-state index contributed by atoms with van der Waals surface area (Å²) in [7, 11) is 0. The summed E-state index contributed by atoms with van der Waals surface area (Å²) < 4.78 is 7.50. The van der Waals surface area contributed by atoms with Crippen molar-refractivity contribution in [3.63, 3.8) is 0 Å². The molecular formula is C19H21N7O2S. The Morgan fingerprint density at radius 2 is 2.03 bits per heavy atom. The van der Waals surface area contributed by atoms with Crippen molar-refractivity contribution in [1.29, 1.82) is 0 Å². The van der Waals surface area contributed by atoms with Gasteiger partial charge < -0.3 is 10.1 Å². The molecular weight excluding hydrogens is 390 g/mol. The van der Waals surface area contributed by atoms with E-state index in [4.69, 9.17) is 4.74 Å². The van der Waals surface area contributed by atoms with Gasteiger partial charge >= 0.3 is 0 Å². The van der Waals surface area contributed by atoms with Gasteiger partial charge in [-0.05, 0) is 30.5 Å². The van der Waals surface area contributed by atoms with E-state index in [2.05, 4.69) is 42.9 Å². The Morgan fingerprint density at radius 3 is 2.76 bits per heavy atom. The first-order valence-electron chi connectivity index (χ1n) is 9.65. The first-order valence-corrected chi connectivity index (χ1v) is 10.5. The highest BCUT2D eigenvalue weighted by Crippen LogP contribution is 2.33. The van der Waals surface area contributed by atoms with Gasteiger partial charge in [-0.1, -0.05) is 17.3 Å². The lowest BCUT2D eigenvalue weighted by atomic mass is 10.1. The second kappa shape index (κ2) is 7.88. The zero-order valence-electron chi connectivity index (χ0n) is 15.8. The molecule has 1 aromatic carbocycles. The van der Waals surface area contributed by atoms with Crippen LogP contribution in [0, 0.1) is 0 Å². The lowest BCUT2D eigenvalue weighted by molar-refractivity contribution is 0.0790. The van der Waals surface area contributed by atoms with Gasteiger partial charge in [-0.3, -0.25) is 9.69 Å². The highest BCUT2D eigenvalue weighted by molar-refractivity contribution is 7.09. The van der Waals surface area contributed by atoms with Crippen molar-refractivity contribution in [2.45, 2.75) is 38.1 Å². The number of carbonyl (C=O) groups is 1. The zero-order valence-corrected chi connectivity index (χ0v) is 16.6. The Morgan fingerprint density at radius 1 is 1.21 bits per heavy atom. The number of nitrogens with zero attached hydrogens (tertiary/aromatic N) is 6. The maximum atomic E-state index is 12.3. The fraction of sp³-hybridized carbons (Fsp3) is 0.421. The standard InChI is InChI=1S/C19H21N7O2S/c27-19(17-10-26(24-22-17)15-3-4-15)21-14-8-25(9-14)7-13-1-5-16(6-2-13)28-11-18-23-20-12-29-18/h1-2,5-6,10,12,14-15H,3-4,7-9,11H2,(H,21,27). The maximum Gasteiger partial charge on any atom is 0.273 e. The van der Waals surface area contributed by atoms with Crippen molar-refractivity contribution >= 4 is 17.2 Å². The predicted octanol–water partition coefficient (Wildman–Crippen LogP) is 1.66. The second-order valence-electron chi connectivity index (χ2n) is 7.44. The molecule has 2 fully saturated rings. The summed E-state index contributed by atoms with van der Waals surface area (Å²) in [5, 5.41) is 19.7. The quantitative estimate of drug-likeness (QED) is 0.602. The van der Waals surface area contributed by atoms with Crippen molar-refractivity contribution in [1.82, 2.24) is 35.4 Å². The molecule has 0 unspecified atom stereocenters. The van der Waals surface area contributed by atoms with Crippen molar-refractivity contribution < 1.29 is 9.53 Å². The molecule has 0 spiro atoms. The zero-order chi connectivity index (χ0) is 19.6. The first kappa shape index (κ1) is 18.2. The Hall–Kier alpha value is -2.85. The fourth-order valence-corrected chi connectivity index (χ4v) is 3.74. The van der Waals surface area contributed by atoms with Crippen molar-refractivity contribution in [2.24, 2.45) is 0 Å². The van der Waals surface area contributed by atoms with Gasteiger partial charge in [-0.25, -0.2) is 4.68 Å². The molecule has 0 radical (unpaired) electrons. The monoisotopic (exact) mass is 411 g/mol. The summed E-state index contributed by atoms with van der Waals surface area (Å²) in [6, 6.07) is 8.67. The highest BCUT2D eigenvalue weighted by Gasteiger charge is 2.30. The Bertz CT molecular complexity index is 963. The molecule has 0 atom stereocenters. The van der Waals surface area contributed by atoms with E-state index in [0.717, 1.165) is 43.2 Å². The summed E-state index contributed by atoms with van der Waals surface area (Å²) in [6.07, 6.45) is 3.99. The van der Waals surface area contributed by atoms with Crippen LogP contribution in [0.5, 0.6) is 5.75 Å². The second-order valence-corrected chi connectivity index (χ2v) is 8.36. The van der Waals surface area contributed by atoms with E-state index in [1.165, 1.54) is 16.9 Å². The molecule has 3 heterocycles. The molecule has 5 rings (SSSR count). The normalized spacial score (nSPS) is 17.1. The SMILES string of the molecule is O=C(NC1CN(Cc2ccc(OCc3nncs3)cc2)C1)c1cn(C2CC2)nn1. The molecule has 10 heteroatoms. The molecule has 1 aliphatic heterocycles. The van der Waals surface area contributed by atoms with Crippen LogP contribution in [0.15, 0.2) is 36.0 Å². The lowest BCUT2D eigenvalue weighted by Gasteiger charge is -2.39. The molecule has 3 aromatic rings. The maximum absolute atomic E-state index is 12.3. The summed E-state index contributed by atoms with van der Waals surface area (Å²) in [6.45, 7) is 2.95. The third-order valence-corrected chi connectivity index (χ3v) is 5.72. The highest BCUT2D eigenvalue weighted by atomic mass is 32.1. The summed E-state index contributed by atoms with van der Waals surface area (Å²) in [5.41, 5.74) is 3.31. The third kappa shape index (κ3) is 4.43. The van der Waals surface area contributed by atoms with Crippen LogP contribution < -0.4 is 10.1 Å². The van der Waals surface area contributed by atoms with Gasteiger partial charge in [0, 0.05) is 19.6 Å². The van der Waals surface area contributed by atoms with E-state index in [1.807, 2.05) is 12.1 Å². The number of hydrogen-bond acceptors (Lipinski definition) is 8. The number of benzene rings is 1. The van der Waals surface area contributed by atoms with E-state index in [0.29, 0.717) is 18.3 Å². The average Bonchev–Trinajstić information content (AvgIpc) is 3.21. The molecule has 150 valence electrons. The molecule has 9 nitrogen and oxygen atoms in total. The number of carbonyl (C=O) groups excluding carboxylic acids is 1. The van der Waals surface area contributed by atoms with E-state index < -0.39 is 0 Å². The number of amides is 1. The van der Waals surface area contributed by atoms with Gasteiger partial charge in [-0.2, -0.15) is 0 Å². The van der Waals surface area contributed by atoms with Crippen LogP contribution in [0.3, 0.4) is 0 Å². The van der Waals surface area contributed by atoms with Crippen LogP contribution in [0.4, 0.5) is 0 Å². The molecule has 1 N–H and O–H groups in total. The van der Waals surface area contributed by atoms with Crippen LogP contribution in [-0.2, 0) is 13.2 Å². The van der Waals surface area contributed by atoms with Crippen LogP contribution in [-0.4, -0.2) is 55.1 Å². The summed E-state index contributed by atoms with van der Waals surface area (Å²) in [5.74, 6) is 0.676. The van der Waals surface area contributed by atoms with Gasteiger partial charge in [0.1, 0.15) is 17.9 Å². The Balaban J connectivity index is 1.05. The van der Waals surface area contributed by atoms with E-state index in [1.54, 1.807) is 16.4 Å². The minimum Gasteiger partial charge on any atom is -0.486 e. The molecule has 1 amide bonds.